The number of hydrogen-bond acceptors (Lipinski definition) is 5. The molecule has 0 spiro atoms. The summed E-state index contributed by atoms with van der Waals surface area (Å²) >= 11 is 0. The summed E-state index contributed by atoms with van der Waals surface area (Å²) in [7, 11) is 0. The molecule has 2 aromatic rings. The quantitative estimate of drug-likeness (QED) is 0.812. The molecule has 0 saturated carbocycles. The molecule has 0 bridgehead atoms. The normalized spacial score (nSPS) is 10.0. The first-order valence-corrected chi connectivity index (χ1v) is 5.53. The number of nitrogens with one attached hydrogen (secondary N) is 1. The van der Waals surface area contributed by atoms with E-state index < -0.39 is 0 Å². The summed E-state index contributed by atoms with van der Waals surface area (Å²) in [5.41, 5.74) is 6.58. The van der Waals surface area contributed by atoms with Crippen molar-refractivity contribution in [3.63, 3.8) is 0 Å². The van der Waals surface area contributed by atoms with Crippen LogP contribution in [0.5, 0.6) is 0 Å². The Morgan fingerprint density at radius 2 is 2.11 bits per heavy atom. The zero-order chi connectivity index (χ0) is 12.8. The largest absolute Gasteiger partial charge is 0.382 e. The molecule has 0 aliphatic rings. The van der Waals surface area contributed by atoms with E-state index in [1.165, 1.54) is 0 Å². The number of nitrogens with two attached hydrogens (primary N) is 1. The number of nitrogen functional groups attached to an aromatic ring is 1. The van der Waals surface area contributed by atoms with Crippen LogP contribution in [0.15, 0.2) is 36.5 Å². The third-order valence-electron chi connectivity index (χ3n) is 2.31. The number of rotatable bonds is 4. The SMILES string of the molecule is Nc1ccc(C(=O)NCCc2ccccn2)nn1. The van der Waals surface area contributed by atoms with Gasteiger partial charge in [-0.1, -0.05) is 6.07 Å². The molecule has 0 atom stereocenters. The number of carbonyl (C=O) groups excluding carboxylic acids is 1. The van der Waals surface area contributed by atoms with Crippen LogP contribution in [0, 0.1) is 0 Å². The highest BCUT2D eigenvalue weighted by molar-refractivity contribution is 5.92. The van der Waals surface area contributed by atoms with Gasteiger partial charge in [0.25, 0.3) is 5.91 Å². The van der Waals surface area contributed by atoms with E-state index in [2.05, 4.69) is 20.5 Å². The Kier molecular flexibility index (Phi) is 3.80. The van der Waals surface area contributed by atoms with Gasteiger partial charge in [-0.25, -0.2) is 0 Å². The summed E-state index contributed by atoms with van der Waals surface area (Å²) in [5, 5.41) is 10.1. The van der Waals surface area contributed by atoms with E-state index in [9.17, 15) is 4.79 Å². The van der Waals surface area contributed by atoms with Crippen LogP contribution in [0.3, 0.4) is 0 Å². The fraction of sp³-hybridized carbons (Fsp3) is 0.167. The van der Waals surface area contributed by atoms with Crippen LogP contribution in [-0.4, -0.2) is 27.6 Å². The minimum atomic E-state index is -0.265. The second-order valence-corrected chi connectivity index (χ2v) is 3.67. The van der Waals surface area contributed by atoms with Crippen molar-refractivity contribution in [2.24, 2.45) is 0 Å². The fourth-order valence-electron chi connectivity index (χ4n) is 1.40. The van der Waals surface area contributed by atoms with Gasteiger partial charge in [0.05, 0.1) is 0 Å². The zero-order valence-corrected chi connectivity index (χ0v) is 9.71. The monoisotopic (exact) mass is 243 g/mol. The fourth-order valence-corrected chi connectivity index (χ4v) is 1.40. The highest BCUT2D eigenvalue weighted by Gasteiger charge is 2.06. The molecule has 6 heteroatoms. The van der Waals surface area contributed by atoms with Gasteiger partial charge in [0.1, 0.15) is 5.82 Å². The molecule has 0 unspecified atom stereocenters. The molecule has 6 nitrogen and oxygen atoms in total. The topological polar surface area (TPSA) is 93.8 Å². The summed E-state index contributed by atoms with van der Waals surface area (Å²) in [5.74, 6) is 0.0264. The minimum absolute atomic E-state index is 0.255. The number of nitrogens with zero attached hydrogens (tertiary/aromatic N) is 3. The van der Waals surface area contributed by atoms with Crippen molar-refractivity contribution >= 4 is 11.7 Å². The smallest absolute Gasteiger partial charge is 0.271 e. The molecule has 2 rings (SSSR count). The molecule has 0 fully saturated rings. The lowest BCUT2D eigenvalue weighted by atomic mass is 10.2. The average Bonchev–Trinajstić information content (AvgIpc) is 2.40. The first-order chi connectivity index (χ1) is 8.75. The average molecular weight is 243 g/mol. The van der Waals surface area contributed by atoms with Gasteiger partial charge < -0.3 is 11.1 Å². The molecule has 0 saturated heterocycles. The summed E-state index contributed by atoms with van der Waals surface area (Å²) in [6, 6.07) is 8.76. The van der Waals surface area contributed by atoms with E-state index in [-0.39, 0.29) is 11.6 Å². The number of aromatic nitrogens is 3. The molecule has 18 heavy (non-hydrogen) atoms. The lowest BCUT2D eigenvalue weighted by molar-refractivity contribution is 0.0948. The highest BCUT2D eigenvalue weighted by atomic mass is 16.1. The van der Waals surface area contributed by atoms with E-state index in [1.807, 2.05) is 18.2 Å². The highest BCUT2D eigenvalue weighted by Crippen LogP contribution is 1.97. The Hall–Kier alpha value is -2.50. The molecular formula is C12H13N5O. The number of pyridine rings is 1. The van der Waals surface area contributed by atoms with Crippen LogP contribution in [0.25, 0.3) is 0 Å². The molecule has 0 radical (unpaired) electrons. The van der Waals surface area contributed by atoms with E-state index in [1.54, 1.807) is 18.3 Å². The number of amides is 1. The Morgan fingerprint density at radius 3 is 2.78 bits per heavy atom. The Labute approximate surface area is 104 Å². The second kappa shape index (κ2) is 5.72. The number of carbonyl (C=O) groups is 1. The molecule has 2 heterocycles. The van der Waals surface area contributed by atoms with Crippen molar-refractivity contribution in [2.75, 3.05) is 12.3 Å². The van der Waals surface area contributed by atoms with Gasteiger partial charge in [-0.05, 0) is 24.3 Å². The summed E-state index contributed by atoms with van der Waals surface area (Å²) in [4.78, 5) is 15.8. The van der Waals surface area contributed by atoms with Crippen molar-refractivity contribution < 1.29 is 4.79 Å². The molecular weight excluding hydrogens is 230 g/mol. The maximum absolute atomic E-state index is 11.7. The lowest BCUT2D eigenvalue weighted by Gasteiger charge is -2.03. The van der Waals surface area contributed by atoms with Gasteiger partial charge in [0.15, 0.2) is 5.69 Å². The third-order valence-corrected chi connectivity index (χ3v) is 2.31. The van der Waals surface area contributed by atoms with Crippen LogP contribution in [-0.2, 0) is 6.42 Å². The molecule has 0 aliphatic heterocycles. The molecule has 1 amide bonds. The predicted octanol–water partition coefficient (Wildman–Crippen LogP) is 0.426. The first kappa shape index (κ1) is 12.0. The van der Waals surface area contributed by atoms with E-state index >= 15 is 0 Å². The van der Waals surface area contributed by atoms with Crippen LogP contribution in [0.2, 0.25) is 0 Å². The summed E-state index contributed by atoms with van der Waals surface area (Å²) < 4.78 is 0. The lowest BCUT2D eigenvalue weighted by Crippen LogP contribution is -2.27. The minimum Gasteiger partial charge on any atom is -0.382 e. The predicted molar refractivity (Wildman–Crippen MR) is 66.7 cm³/mol. The Morgan fingerprint density at radius 1 is 1.22 bits per heavy atom. The summed E-state index contributed by atoms with van der Waals surface area (Å²) in [6.07, 6.45) is 2.40. The standard InChI is InChI=1S/C12H13N5O/c13-11-5-4-10(16-17-11)12(18)15-8-6-9-3-1-2-7-14-9/h1-5,7H,6,8H2,(H2,13,17)(H,15,18). The Bertz CT molecular complexity index is 512. The Balaban J connectivity index is 1.84. The van der Waals surface area contributed by atoms with Crippen LogP contribution in [0.1, 0.15) is 16.2 Å². The zero-order valence-electron chi connectivity index (χ0n) is 9.71. The molecule has 2 aromatic heterocycles. The van der Waals surface area contributed by atoms with Crippen molar-refractivity contribution in [3.05, 3.63) is 47.9 Å². The molecule has 0 aliphatic carbocycles. The van der Waals surface area contributed by atoms with Gasteiger partial charge in [-0.15, -0.1) is 10.2 Å². The van der Waals surface area contributed by atoms with Crippen LogP contribution < -0.4 is 11.1 Å². The van der Waals surface area contributed by atoms with Crippen molar-refractivity contribution in [3.8, 4) is 0 Å². The third kappa shape index (κ3) is 3.24. The van der Waals surface area contributed by atoms with Crippen LogP contribution >= 0.6 is 0 Å². The van der Waals surface area contributed by atoms with E-state index in [0.717, 1.165) is 5.69 Å². The first-order valence-electron chi connectivity index (χ1n) is 5.53. The molecule has 3 N–H and O–H groups in total. The van der Waals surface area contributed by atoms with Gasteiger partial charge in [0, 0.05) is 24.9 Å². The maximum Gasteiger partial charge on any atom is 0.271 e. The van der Waals surface area contributed by atoms with Crippen molar-refractivity contribution in [2.45, 2.75) is 6.42 Å². The molecule has 0 aromatic carbocycles. The number of anilines is 1. The van der Waals surface area contributed by atoms with Crippen molar-refractivity contribution in [1.29, 1.82) is 0 Å². The molecule has 92 valence electrons. The van der Waals surface area contributed by atoms with E-state index in [0.29, 0.717) is 18.8 Å². The summed E-state index contributed by atoms with van der Waals surface area (Å²) in [6.45, 7) is 0.502. The second-order valence-electron chi connectivity index (χ2n) is 3.67. The van der Waals surface area contributed by atoms with Gasteiger partial charge >= 0.3 is 0 Å². The maximum atomic E-state index is 11.7. The van der Waals surface area contributed by atoms with E-state index in [4.69, 9.17) is 5.73 Å². The van der Waals surface area contributed by atoms with Crippen molar-refractivity contribution in [1.82, 2.24) is 20.5 Å². The van der Waals surface area contributed by atoms with Gasteiger partial charge in [-0.2, -0.15) is 0 Å². The van der Waals surface area contributed by atoms with Gasteiger partial charge in [0.2, 0.25) is 0 Å². The number of hydrogen-bond donors (Lipinski definition) is 2. The van der Waals surface area contributed by atoms with Crippen LogP contribution in [0.4, 0.5) is 5.82 Å². The van der Waals surface area contributed by atoms with Gasteiger partial charge in [-0.3, -0.25) is 9.78 Å².